The van der Waals surface area contributed by atoms with Crippen LogP contribution < -0.4 is 5.32 Å². The lowest BCUT2D eigenvalue weighted by Gasteiger charge is -2.04. The summed E-state index contributed by atoms with van der Waals surface area (Å²) in [6.07, 6.45) is 4.37. The van der Waals surface area contributed by atoms with Gasteiger partial charge in [0.05, 0.1) is 12.9 Å². The van der Waals surface area contributed by atoms with Crippen LogP contribution in [0.1, 0.15) is 17.7 Å². The van der Waals surface area contributed by atoms with E-state index >= 15 is 0 Å². The molecule has 0 aliphatic rings. The van der Waals surface area contributed by atoms with E-state index in [4.69, 9.17) is 4.74 Å². The van der Waals surface area contributed by atoms with E-state index in [1.165, 1.54) is 11.8 Å². The molecule has 1 aromatic rings. The molecular formula is C12H18N2O. The number of aryl methyl sites for hydroxylation is 1. The van der Waals surface area contributed by atoms with Crippen LogP contribution >= 0.6 is 0 Å². The molecule has 0 atom stereocenters. The number of nitrogens with zero attached hydrogens (tertiary/aromatic N) is 1. The number of ether oxygens (including phenoxy) is 1. The van der Waals surface area contributed by atoms with Gasteiger partial charge >= 0.3 is 0 Å². The van der Waals surface area contributed by atoms with E-state index in [2.05, 4.69) is 22.9 Å². The molecule has 0 unspecified atom stereocenters. The van der Waals surface area contributed by atoms with Gasteiger partial charge in [-0.05, 0) is 31.5 Å². The molecule has 1 N–H and O–H groups in total. The summed E-state index contributed by atoms with van der Waals surface area (Å²) in [6, 6.07) is 4.12. The molecule has 0 aliphatic heterocycles. The quantitative estimate of drug-likeness (QED) is 0.547. The van der Waals surface area contributed by atoms with Crippen molar-refractivity contribution in [2.75, 3.05) is 13.2 Å². The molecule has 0 bridgehead atoms. The van der Waals surface area contributed by atoms with Gasteiger partial charge in [0, 0.05) is 18.4 Å². The largest absolute Gasteiger partial charge is 0.502 e. The van der Waals surface area contributed by atoms with Crippen molar-refractivity contribution in [1.29, 1.82) is 0 Å². The van der Waals surface area contributed by atoms with Crippen molar-refractivity contribution in [2.24, 2.45) is 0 Å². The highest BCUT2D eigenvalue weighted by Gasteiger charge is 1.92. The van der Waals surface area contributed by atoms with Gasteiger partial charge in [-0.15, -0.1) is 0 Å². The van der Waals surface area contributed by atoms with Crippen molar-refractivity contribution in [1.82, 2.24) is 10.3 Å². The lowest BCUT2D eigenvalue weighted by Crippen LogP contribution is -2.16. The molecule has 0 radical (unpaired) electrons. The average molecular weight is 206 g/mol. The van der Waals surface area contributed by atoms with Gasteiger partial charge in [-0.3, -0.25) is 4.98 Å². The third kappa shape index (κ3) is 5.18. The Morgan fingerprint density at radius 1 is 1.53 bits per heavy atom. The maximum Gasteiger partial charge on any atom is 0.0885 e. The fourth-order valence-corrected chi connectivity index (χ4v) is 1.20. The van der Waals surface area contributed by atoms with Gasteiger partial charge in [0.1, 0.15) is 0 Å². The molecule has 1 rings (SSSR count). The Morgan fingerprint density at radius 3 is 3.07 bits per heavy atom. The van der Waals surface area contributed by atoms with Crippen LogP contribution in [0.4, 0.5) is 0 Å². The molecule has 0 spiro atoms. The van der Waals surface area contributed by atoms with Crippen LogP contribution in [-0.2, 0) is 11.3 Å². The van der Waals surface area contributed by atoms with Crippen molar-refractivity contribution in [2.45, 2.75) is 19.9 Å². The van der Waals surface area contributed by atoms with E-state index in [0.717, 1.165) is 31.8 Å². The van der Waals surface area contributed by atoms with Crippen LogP contribution in [0, 0.1) is 6.92 Å². The Hall–Kier alpha value is -1.35. The summed E-state index contributed by atoms with van der Waals surface area (Å²) in [7, 11) is 0. The minimum Gasteiger partial charge on any atom is -0.502 e. The third-order valence-electron chi connectivity index (χ3n) is 2.04. The average Bonchev–Trinajstić information content (AvgIpc) is 2.26. The Morgan fingerprint density at radius 2 is 2.40 bits per heavy atom. The summed E-state index contributed by atoms with van der Waals surface area (Å²) in [6.45, 7) is 8.01. The van der Waals surface area contributed by atoms with Crippen LogP contribution in [0.15, 0.2) is 31.2 Å². The first-order chi connectivity index (χ1) is 7.33. The van der Waals surface area contributed by atoms with E-state index < -0.39 is 0 Å². The SMILES string of the molecule is C=COCCCNCc1ccc(C)nc1. The Bertz CT molecular complexity index is 282. The monoisotopic (exact) mass is 206 g/mol. The van der Waals surface area contributed by atoms with Crippen LogP contribution in [0.5, 0.6) is 0 Å². The zero-order valence-electron chi connectivity index (χ0n) is 9.20. The first kappa shape index (κ1) is 11.7. The van der Waals surface area contributed by atoms with Crippen molar-refractivity contribution in [3.05, 3.63) is 42.4 Å². The van der Waals surface area contributed by atoms with Gasteiger partial charge in [-0.25, -0.2) is 0 Å². The molecule has 0 amide bonds. The molecular weight excluding hydrogens is 188 g/mol. The van der Waals surface area contributed by atoms with E-state index in [-0.39, 0.29) is 0 Å². The second-order valence-corrected chi connectivity index (χ2v) is 3.38. The van der Waals surface area contributed by atoms with Crippen LogP contribution in [-0.4, -0.2) is 18.1 Å². The summed E-state index contributed by atoms with van der Waals surface area (Å²) >= 11 is 0. The minimum absolute atomic E-state index is 0.725. The van der Waals surface area contributed by atoms with Crippen molar-refractivity contribution < 1.29 is 4.74 Å². The minimum atomic E-state index is 0.725. The highest BCUT2D eigenvalue weighted by Crippen LogP contribution is 1.98. The Balaban J connectivity index is 2.09. The van der Waals surface area contributed by atoms with Gasteiger partial charge in [0.15, 0.2) is 0 Å². The number of nitrogens with one attached hydrogen (secondary N) is 1. The van der Waals surface area contributed by atoms with E-state index in [1.54, 1.807) is 0 Å². The smallest absolute Gasteiger partial charge is 0.0885 e. The first-order valence-electron chi connectivity index (χ1n) is 5.17. The Kier molecular flexibility index (Phi) is 5.48. The Labute approximate surface area is 91.2 Å². The number of rotatable bonds is 7. The van der Waals surface area contributed by atoms with Crippen molar-refractivity contribution in [3.8, 4) is 0 Å². The van der Waals surface area contributed by atoms with Crippen molar-refractivity contribution >= 4 is 0 Å². The van der Waals surface area contributed by atoms with Crippen molar-refractivity contribution in [3.63, 3.8) is 0 Å². The number of hydrogen-bond acceptors (Lipinski definition) is 3. The summed E-state index contributed by atoms with van der Waals surface area (Å²) in [5.74, 6) is 0. The number of hydrogen-bond donors (Lipinski definition) is 1. The highest BCUT2D eigenvalue weighted by molar-refractivity contribution is 5.12. The summed E-state index contributed by atoms with van der Waals surface area (Å²) in [4.78, 5) is 4.23. The zero-order valence-corrected chi connectivity index (χ0v) is 9.20. The summed E-state index contributed by atoms with van der Waals surface area (Å²) < 4.78 is 5.01. The maximum atomic E-state index is 5.01. The molecule has 3 nitrogen and oxygen atoms in total. The first-order valence-corrected chi connectivity index (χ1v) is 5.17. The van der Waals surface area contributed by atoms with E-state index in [9.17, 15) is 0 Å². The predicted molar refractivity (Wildman–Crippen MR) is 61.4 cm³/mol. The molecule has 1 aromatic heterocycles. The van der Waals surface area contributed by atoms with Gasteiger partial charge in [0.2, 0.25) is 0 Å². The van der Waals surface area contributed by atoms with Gasteiger partial charge in [-0.1, -0.05) is 12.6 Å². The standard InChI is InChI=1S/C12H18N2O/c1-3-15-8-4-7-13-9-12-6-5-11(2)14-10-12/h3,5-6,10,13H,1,4,7-9H2,2H3. The van der Waals surface area contributed by atoms with Crippen LogP contribution in [0.3, 0.4) is 0 Å². The molecule has 0 saturated heterocycles. The molecule has 15 heavy (non-hydrogen) atoms. The topological polar surface area (TPSA) is 34.1 Å². The highest BCUT2D eigenvalue weighted by atomic mass is 16.5. The second kappa shape index (κ2) is 7.01. The lowest BCUT2D eigenvalue weighted by molar-refractivity contribution is 0.244. The summed E-state index contributed by atoms with van der Waals surface area (Å²) in [5, 5.41) is 3.33. The molecule has 0 saturated carbocycles. The molecule has 82 valence electrons. The maximum absolute atomic E-state index is 5.01. The summed E-state index contributed by atoms with van der Waals surface area (Å²) in [5.41, 5.74) is 2.27. The fraction of sp³-hybridized carbons (Fsp3) is 0.417. The number of aromatic nitrogens is 1. The lowest BCUT2D eigenvalue weighted by atomic mass is 10.2. The third-order valence-corrected chi connectivity index (χ3v) is 2.04. The van der Waals surface area contributed by atoms with E-state index in [1.807, 2.05) is 19.2 Å². The second-order valence-electron chi connectivity index (χ2n) is 3.38. The zero-order chi connectivity index (χ0) is 10.9. The van der Waals surface area contributed by atoms with Crippen LogP contribution in [0.2, 0.25) is 0 Å². The molecule has 1 heterocycles. The van der Waals surface area contributed by atoms with E-state index in [0.29, 0.717) is 0 Å². The molecule has 0 aromatic carbocycles. The molecule has 0 aliphatic carbocycles. The van der Waals surface area contributed by atoms with Gasteiger partial charge in [-0.2, -0.15) is 0 Å². The molecule has 3 heteroatoms. The predicted octanol–water partition coefficient (Wildman–Crippen LogP) is 2.03. The molecule has 0 fully saturated rings. The fourth-order valence-electron chi connectivity index (χ4n) is 1.20. The van der Waals surface area contributed by atoms with Gasteiger partial charge < -0.3 is 10.1 Å². The van der Waals surface area contributed by atoms with Gasteiger partial charge in [0.25, 0.3) is 0 Å². The normalized spacial score (nSPS) is 9.93. The van der Waals surface area contributed by atoms with Crippen LogP contribution in [0.25, 0.3) is 0 Å². The number of pyridine rings is 1.